The predicted molar refractivity (Wildman–Crippen MR) is 83.1 cm³/mol. The van der Waals surface area contributed by atoms with E-state index >= 15 is 0 Å². The lowest BCUT2D eigenvalue weighted by atomic mass is 10.2. The van der Waals surface area contributed by atoms with Crippen molar-refractivity contribution in [1.29, 1.82) is 0 Å². The molecule has 1 aromatic rings. The minimum absolute atomic E-state index is 0.130. The van der Waals surface area contributed by atoms with E-state index < -0.39 is 0 Å². The number of rotatable bonds is 4. The average Bonchev–Trinajstić information content (AvgIpc) is 2.67. The van der Waals surface area contributed by atoms with Crippen molar-refractivity contribution in [3.63, 3.8) is 0 Å². The van der Waals surface area contributed by atoms with Crippen LogP contribution in [-0.2, 0) is 4.79 Å². The van der Waals surface area contributed by atoms with Crippen molar-refractivity contribution in [2.24, 2.45) is 5.92 Å². The van der Waals surface area contributed by atoms with Crippen molar-refractivity contribution in [3.8, 4) is 5.75 Å². The molecule has 3 nitrogen and oxygen atoms in total. The number of amides is 1. The second-order valence-corrected chi connectivity index (χ2v) is 6.34. The monoisotopic (exact) mass is 293 g/mol. The fraction of sp³-hybridized carbons (Fsp3) is 0.286. The third-order valence-electron chi connectivity index (χ3n) is 2.40. The number of nitrogens with one attached hydrogen (secondary N) is 1. The Kier molecular flexibility index (Phi) is 4.61. The minimum atomic E-state index is -0.130. The molecule has 1 saturated heterocycles. The summed E-state index contributed by atoms with van der Waals surface area (Å²) < 4.78 is 6.11. The quantitative estimate of drug-likeness (QED) is 0.683. The van der Waals surface area contributed by atoms with E-state index in [2.05, 4.69) is 19.2 Å². The Morgan fingerprint density at radius 1 is 1.37 bits per heavy atom. The maximum Gasteiger partial charge on any atom is 0.263 e. The Morgan fingerprint density at radius 3 is 2.58 bits per heavy atom. The Hall–Kier alpha value is -1.33. The van der Waals surface area contributed by atoms with Crippen LogP contribution >= 0.6 is 24.0 Å². The molecular weight excluding hydrogens is 278 g/mol. The minimum Gasteiger partial charge on any atom is -0.493 e. The molecule has 1 amide bonds. The molecule has 1 fully saturated rings. The summed E-state index contributed by atoms with van der Waals surface area (Å²) in [5.74, 6) is 1.21. The lowest BCUT2D eigenvalue weighted by molar-refractivity contribution is -0.115. The first kappa shape index (κ1) is 14.1. The van der Waals surface area contributed by atoms with Gasteiger partial charge in [0.2, 0.25) is 0 Å². The second kappa shape index (κ2) is 6.21. The highest BCUT2D eigenvalue weighted by molar-refractivity contribution is 8.26. The molecule has 0 saturated carbocycles. The first-order chi connectivity index (χ1) is 9.04. The van der Waals surface area contributed by atoms with E-state index in [1.807, 2.05) is 30.3 Å². The summed E-state index contributed by atoms with van der Waals surface area (Å²) in [6.45, 7) is 4.92. The first-order valence-corrected chi connectivity index (χ1v) is 7.25. The van der Waals surface area contributed by atoms with Crippen LogP contribution in [0.4, 0.5) is 0 Å². The van der Waals surface area contributed by atoms with Crippen molar-refractivity contribution in [2.75, 3.05) is 6.61 Å². The molecule has 100 valence electrons. The molecule has 1 aromatic carbocycles. The molecule has 0 aliphatic carbocycles. The Bertz CT molecular complexity index is 521. The van der Waals surface area contributed by atoms with Crippen LogP contribution in [0.25, 0.3) is 6.08 Å². The zero-order chi connectivity index (χ0) is 13.8. The number of ether oxygens (including phenoxy) is 1. The molecule has 0 spiro atoms. The molecule has 1 heterocycles. The van der Waals surface area contributed by atoms with E-state index in [0.717, 1.165) is 11.3 Å². The second-order valence-electron chi connectivity index (χ2n) is 4.63. The van der Waals surface area contributed by atoms with Gasteiger partial charge in [-0.15, -0.1) is 0 Å². The summed E-state index contributed by atoms with van der Waals surface area (Å²) in [4.78, 5) is 12.1. The van der Waals surface area contributed by atoms with Crippen molar-refractivity contribution in [2.45, 2.75) is 13.8 Å². The zero-order valence-electron chi connectivity index (χ0n) is 10.8. The number of carbonyl (C=O) groups excluding carboxylic acids is 1. The van der Waals surface area contributed by atoms with Gasteiger partial charge in [0.05, 0.1) is 11.5 Å². The average molecular weight is 293 g/mol. The number of hydrogen-bond donors (Lipinski definition) is 1. The molecule has 0 aromatic heterocycles. The van der Waals surface area contributed by atoms with Crippen LogP contribution in [-0.4, -0.2) is 16.8 Å². The van der Waals surface area contributed by atoms with Gasteiger partial charge in [0.15, 0.2) is 0 Å². The number of thiocarbonyl (C=S) groups is 1. The molecular formula is C14H15NO2S2. The molecule has 1 aliphatic heterocycles. The van der Waals surface area contributed by atoms with Crippen molar-refractivity contribution >= 4 is 40.3 Å². The molecule has 0 atom stereocenters. The van der Waals surface area contributed by atoms with Crippen LogP contribution in [0.2, 0.25) is 0 Å². The Morgan fingerprint density at radius 2 is 2.05 bits per heavy atom. The van der Waals surface area contributed by atoms with E-state index in [1.165, 1.54) is 11.8 Å². The van der Waals surface area contributed by atoms with Gasteiger partial charge in [-0.05, 0) is 29.7 Å². The van der Waals surface area contributed by atoms with E-state index in [0.29, 0.717) is 21.8 Å². The molecule has 0 bridgehead atoms. The van der Waals surface area contributed by atoms with Gasteiger partial charge >= 0.3 is 0 Å². The smallest absolute Gasteiger partial charge is 0.263 e. The lowest BCUT2D eigenvalue weighted by Gasteiger charge is -2.08. The standard InChI is InChI=1S/C14H15NO2S2/c1-9(2)8-17-11-5-3-10(4-6-11)7-12-13(16)15-14(18)19-12/h3-7,9H,8H2,1-2H3,(H,15,16,18)/b12-7-. The number of hydrogen-bond acceptors (Lipinski definition) is 4. The van der Waals surface area contributed by atoms with Crippen LogP contribution in [0.3, 0.4) is 0 Å². The van der Waals surface area contributed by atoms with Crippen LogP contribution in [0.1, 0.15) is 19.4 Å². The zero-order valence-corrected chi connectivity index (χ0v) is 12.4. The summed E-state index contributed by atoms with van der Waals surface area (Å²) in [5.41, 5.74) is 0.958. The van der Waals surface area contributed by atoms with Crippen LogP contribution < -0.4 is 10.1 Å². The fourth-order valence-electron chi connectivity index (χ4n) is 1.50. The SMILES string of the molecule is CC(C)COc1ccc(/C=C2\SC(=S)NC2=O)cc1. The van der Waals surface area contributed by atoms with Crippen LogP contribution in [0.15, 0.2) is 29.2 Å². The highest BCUT2D eigenvalue weighted by atomic mass is 32.2. The maximum atomic E-state index is 11.5. The number of benzene rings is 1. The van der Waals surface area contributed by atoms with Crippen LogP contribution in [0, 0.1) is 5.92 Å². The molecule has 1 aliphatic rings. The molecule has 2 rings (SSSR count). The van der Waals surface area contributed by atoms with Gasteiger partial charge in [-0.1, -0.05) is 50.0 Å². The van der Waals surface area contributed by atoms with Crippen LogP contribution in [0.5, 0.6) is 5.75 Å². The molecule has 1 N–H and O–H groups in total. The van der Waals surface area contributed by atoms with Crippen molar-refractivity contribution in [3.05, 3.63) is 34.7 Å². The van der Waals surface area contributed by atoms with Gasteiger partial charge in [-0.2, -0.15) is 0 Å². The molecule has 0 unspecified atom stereocenters. The van der Waals surface area contributed by atoms with Gasteiger partial charge in [-0.25, -0.2) is 0 Å². The highest BCUT2D eigenvalue weighted by Crippen LogP contribution is 2.26. The van der Waals surface area contributed by atoms with Gasteiger partial charge in [0.25, 0.3) is 5.91 Å². The predicted octanol–water partition coefficient (Wildman–Crippen LogP) is 3.21. The summed E-state index contributed by atoms with van der Waals surface area (Å²) >= 11 is 6.23. The van der Waals surface area contributed by atoms with Gasteiger partial charge in [0, 0.05) is 0 Å². The number of carbonyl (C=O) groups is 1. The Balaban J connectivity index is 2.04. The fourth-order valence-corrected chi connectivity index (χ4v) is 2.54. The third-order valence-corrected chi connectivity index (χ3v) is 3.57. The van der Waals surface area contributed by atoms with Crippen molar-refractivity contribution in [1.82, 2.24) is 5.32 Å². The number of thioether (sulfide) groups is 1. The van der Waals surface area contributed by atoms with Crippen molar-refractivity contribution < 1.29 is 9.53 Å². The van der Waals surface area contributed by atoms with E-state index in [4.69, 9.17) is 17.0 Å². The summed E-state index contributed by atoms with van der Waals surface area (Å²) in [5, 5.41) is 2.59. The highest BCUT2D eigenvalue weighted by Gasteiger charge is 2.21. The van der Waals surface area contributed by atoms with Gasteiger partial charge in [-0.3, -0.25) is 4.79 Å². The Labute approximate surface area is 122 Å². The topological polar surface area (TPSA) is 38.3 Å². The summed E-state index contributed by atoms with van der Waals surface area (Å²) in [6, 6.07) is 7.67. The largest absolute Gasteiger partial charge is 0.493 e. The van der Waals surface area contributed by atoms with E-state index in [9.17, 15) is 4.79 Å². The van der Waals surface area contributed by atoms with Gasteiger partial charge in [0.1, 0.15) is 10.1 Å². The van der Waals surface area contributed by atoms with Gasteiger partial charge < -0.3 is 10.1 Å². The maximum absolute atomic E-state index is 11.5. The normalized spacial score (nSPS) is 17.1. The van der Waals surface area contributed by atoms with E-state index in [1.54, 1.807) is 0 Å². The molecule has 0 radical (unpaired) electrons. The third kappa shape index (κ3) is 4.08. The molecule has 5 heteroatoms. The first-order valence-electron chi connectivity index (χ1n) is 6.02. The summed E-state index contributed by atoms with van der Waals surface area (Å²) in [6.07, 6.45) is 1.82. The lowest BCUT2D eigenvalue weighted by Crippen LogP contribution is -2.17. The summed E-state index contributed by atoms with van der Waals surface area (Å²) in [7, 11) is 0. The molecule has 19 heavy (non-hydrogen) atoms. The van der Waals surface area contributed by atoms with E-state index in [-0.39, 0.29) is 5.91 Å².